The normalized spacial score (nSPS) is 7.60. The number of hydrogen-bond acceptors (Lipinski definition) is 2. The first-order chi connectivity index (χ1) is 4.83. The van der Waals surface area contributed by atoms with Crippen molar-refractivity contribution in [1.82, 2.24) is 0 Å². The molecule has 1 aromatic rings. The summed E-state index contributed by atoms with van der Waals surface area (Å²) in [5.41, 5.74) is 0.749. The third-order valence-electron chi connectivity index (χ3n) is 0.993. The molecular formula is C8H5NO. The van der Waals surface area contributed by atoms with Crippen molar-refractivity contribution < 1.29 is 4.42 Å². The largest absolute Gasteiger partial charge is 0.468 e. The number of hydrogen-bond donors (Lipinski definition) is 0. The Balaban J connectivity index is 2.89. The maximum absolute atomic E-state index is 8.08. The van der Waals surface area contributed by atoms with Crippen LogP contribution in [0.25, 0.3) is 0 Å². The van der Waals surface area contributed by atoms with Gasteiger partial charge in [-0.3, -0.25) is 0 Å². The second-order valence-corrected chi connectivity index (χ2v) is 1.81. The van der Waals surface area contributed by atoms with Crippen molar-refractivity contribution in [2.45, 2.75) is 6.92 Å². The van der Waals surface area contributed by atoms with Gasteiger partial charge in [0.05, 0.1) is 5.56 Å². The van der Waals surface area contributed by atoms with Crippen molar-refractivity contribution in [3.05, 3.63) is 23.7 Å². The molecule has 0 aliphatic heterocycles. The van der Waals surface area contributed by atoms with Crippen LogP contribution in [0.15, 0.2) is 16.7 Å². The van der Waals surface area contributed by atoms with E-state index >= 15 is 0 Å². The van der Waals surface area contributed by atoms with Crippen molar-refractivity contribution in [2.75, 3.05) is 0 Å². The third kappa shape index (κ3) is 1.40. The molecule has 0 N–H and O–H groups in total. The van der Waals surface area contributed by atoms with E-state index in [9.17, 15) is 0 Å². The van der Waals surface area contributed by atoms with Crippen LogP contribution >= 0.6 is 0 Å². The summed E-state index contributed by atoms with van der Waals surface area (Å²) < 4.78 is 4.95. The van der Waals surface area contributed by atoms with Crippen LogP contribution in [0.2, 0.25) is 0 Å². The van der Waals surface area contributed by atoms with Crippen LogP contribution in [-0.4, -0.2) is 0 Å². The molecule has 0 radical (unpaired) electrons. The van der Waals surface area contributed by atoms with E-state index in [4.69, 9.17) is 9.68 Å². The molecule has 1 aromatic heterocycles. The van der Waals surface area contributed by atoms with Gasteiger partial charge in [-0.25, -0.2) is 0 Å². The van der Waals surface area contributed by atoms with Crippen LogP contribution in [0.4, 0.5) is 0 Å². The SMILES string of the molecule is Cc1cc(C#CC#N)co1. The van der Waals surface area contributed by atoms with E-state index in [1.807, 2.05) is 6.92 Å². The summed E-state index contributed by atoms with van der Waals surface area (Å²) in [4.78, 5) is 0. The fourth-order valence-corrected chi connectivity index (χ4v) is 0.609. The van der Waals surface area contributed by atoms with Crippen LogP contribution < -0.4 is 0 Å². The van der Waals surface area contributed by atoms with Crippen molar-refractivity contribution in [1.29, 1.82) is 5.26 Å². The Kier molecular flexibility index (Phi) is 1.78. The van der Waals surface area contributed by atoms with Gasteiger partial charge in [-0.2, -0.15) is 5.26 Å². The van der Waals surface area contributed by atoms with Gasteiger partial charge in [-0.05, 0) is 18.9 Å². The van der Waals surface area contributed by atoms with E-state index in [0.717, 1.165) is 11.3 Å². The van der Waals surface area contributed by atoms with E-state index in [1.165, 1.54) is 6.26 Å². The van der Waals surface area contributed by atoms with Crippen LogP contribution in [-0.2, 0) is 0 Å². The summed E-state index contributed by atoms with van der Waals surface area (Å²) in [6.45, 7) is 1.83. The maximum atomic E-state index is 8.08. The quantitative estimate of drug-likeness (QED) is 0.500. The zero-order valence-electron chi connectivity index (χ0n) is 5.51. The molecule has 0 saturated heterocycles. The van der Waals surface area contributed by atoms with Gasteiger partial charge in [-0.15, -0.1) is 0 Å². The molecule has 10 heavy (non-hydrogen) atoms. The molecular weight excluding hydrogens is 126 g/mol. The highest BCUT2D eigenvalue weighted by Crippen LogP contribution is 2.03. The fraction of sp³-hybridized carbons (Fsp3) is 0.125. The predicted molar refractivity (Wildman–Crippen MR) is 35.9 cm³/mol. The monoisotopic (exact) mass is 131 g/mol. The third-order valence-corrected chi connectivity index (χ3v) is 0.993. The smallest absolute Gasteiger partial charge is 0.152 e. The van der Waals surface area contributed by atoms with Crippen molar-refractivity contribution in [3.63, 3.8) is 0 Å². The number of nitrogens with zero attached hydrogens (tertiary/aromatic N) is 1. The molecule has 1 rings (SSSR count). The molecule has 2 heteroatoms. The first-order valence-electron chi connectivity index (χ1n) is 2.78. The Labute approximate surface area is 59.1 Å². The molecule has 0 bridgehead atoms. The fourth-order valence-electron chi connectivity index (χ4n) is 0.609. The summed E-state index contributed by atoms with van der Waals surface area (Å²) in [5.74, 6) is 5.69. The molecule has 0 aromatic carbocycles. The van der Waals surface area contributed by atoms with Gasteiger partial charge in [0, 0.05) is 5.92 Å². The number of nitriles is 1. The average molecular weight is 131 g/mol. The molecule has 0 aliphatic rings. The first kappa shape index (κ1) is 6.45. The van der Waals surface area contributed by atoms with Gasteiger partial charge >= 0.3 is 0 Å². The second-order valence-electron chi connectivity index (χ2n) is 1.81. The van der Waals surface area contributed by atoms with Crippen LogP contribution in [0.1, 0.15) is 11.3 Å². The summed E-state index contributed by atoms with van der Waals surface area (Å²) in [6, 6.07) is 3.50. The highest BCUT2D eigenvalue weighted by Gasteiger charge is 1.90. The van der Waals surface area contributed by atoms with Crippen molar-refractivity contribution in [2.24, 2.45) is 0 Å². The molecule has 2 nitrogen and oxygen atoms in total. The van der Waals surface area contributed by atoms with Gasteiger partial charge in [0.1, 0.15) is 12.0 Å². The number of aryl methyl sites for hydroxylation is 1. The van der Waals surface area contributed by atoms with E-state index in [-0.39, 0.29) is 0 Å². The van der Waals surface area contributed by atoms with Crippen molar-refractivity contribution >= 4 is 0 Å². The molecule has 48 valence electrons. The molecule has 0 aliphatic carbocycles. The van der Waals surface area contributed by atoms with Crippen molar-refractivity contribution in [3.8, 4) is 17.9 Å². The Morgan fingerprint density at radius 1 is 1.60 bits per heavy atom. The first-order valence-corrected chi connectivity index (χ1v) is 2.78. The van der Waals surface area contributed by atoms with Crippen LogP contribution in [0.3, 0.4) is 0 Å². The van der Waals surface area contributed by atoms with Crippen LogP contribution in [0, 0.1) is 30.1 Å². The van der Waals surface area contributed by atoms with Gasteiger partial charge in [-0.1, -0.05) is 0 Å². The van der Waals surface area contributed by atoms with Gasteiger partial charge in [0.25, 0.3) is 0 Å². The van der Waals surface area contributed by atoms with E-state index in [0.29, 0.717) is 0 Å². The minimum absolute atomic E-state index is 0.749. The van der Waals surface area contributed by atoms with E-state index in [1.54, 1.807) is 12.1 Å². The van der Waals surface area contributed by atoms with E-state index < -0.39 is 0 Å². The Morgan fingerprint density at radius 2 is 2.40 bits per heavy atom. The Bertz CT molecular complexity index is 319. The lowest BCUT2D eigenvalue weighted by molar-refractivity contribution is 0.533. The minimum atomic E-state index is 0.749. The molecule has 0 amide bonds. The zero-order valence-corrected chi connectivity index (χ0v) is 5.51. The Morgan fingerprint density at radius 3 is 2.90 bits per heavy atom. The predicted octanol–water partition coefficient (Wildman–Crippen LogP) is 1.46. The van der Waals surface area contributed by atoms with Gasteiger partial charge in [0.2, 0.25) is 0 Å². The minimum Gasteiger partial charge on any atom is -0.468 e. The van der Waals surface area contributed by atoms with Gasteiger partial charge in [0.15, 0.2) is 6.07 Å². The lowest BCUT2D eigenvalue weighted by Gasteiger charge is -1.69. The standard InChI is InChI=1S/C8H5NO/c1-7-5-8(6-10-7)3-2-4-9/h5-6H,1H3. The molecule has 0 fully saturated rings. The maximum Gasteiger partial charge on any atom is 0.152 e. The van der Waals surface area contributed by atoms with Gasteiger partial charge < -0.3 is 4.42 Å². The average Bonchev–Trinajstić information content (AvgIpc) is 2.31. The summed E-state index contributed by atoms with van der Waals surface area (Å²) in [5, 5.41) is 8.08. The molecule has 0 atom stereocenters. The zero-order chi connectivity index (χ0) is 7.40. The molecule has 0 saturated carbocycles. The van der Waals surface area contributed by atoms with Crippen LogP contribution in [0.5, 0.6) is 0 Å². The Hall–Kier alpha value is -1.67. The topological polar surface area (TPSA) is 36.9 Å². The molecule has 0 spiro atoms. The highest BCUT2D eigenvalue weighted by molar-refractivity contribution is 5.36. The summed E-state index contributed by atoms with van der Waals surface area (Å²) in [7, 11) is 0. The molecule has 0 unspecified atom stereocenters. The van der Waals surface area contributed by atoms with E-state index in [2.05, 4.69) is 11.8 Å². The highest BCUT2D eigenvalue weighted by atomic mass is 16.3. The second kappa shape index (κ2) is 2.75. The lowest BCUT2D eigenvalue weighted by atomic mass is 10.3. The lowest BCUT2D eigenvalue weighted by Crippen LogP contribution is -1.61. The molecule has 1 heterocycles. The summed E-state index contributed by atoms with van der Waals surface area (Å²) >= 11 is 0. The number of rotatable bonds is 0. The number of furan rings is 1. The summed E-state index contributed by atoms with van der Waals surface area (Å²) in [6.07, 6.45) is 1.53.